The molecule has 0 fully saturated rings. The van der Waals surface area contributed by atoms with Gasteiger partial charge in [0.05, 0.1) is 11.9 Å². The van der Waals surface area contributed by atoms with Gasteiger partial charge >= 0.3 is 0 Å². The molecule has 1 amide bonds. The number of nitrogens with one attached hydrogen (secondary N) is 1. The molecule has 112 valence electrons. The van der Waals surface area contributed by atoms with Crippen LogP contribution in [0.25, 0.3) is 10.2 Å². The summed E-state index contributed by atoms with van der Waals surface area (Å²) in [4.78, 5) is 24.7. The zero-order chi connectivity index (χ0) is 14.8. The van der Waals surface area contributed by atoms with Crippen molar-refractivity contribution >= 4 is 33.3 Å². The van der Waals surface area contributed by atoms with Gasteiger partial charge in [0.25, 0.3) is 0 Å². The van der Waals surface area contributed by atoms with Crippen molar-refractivity contribution in [3.63, 3.8) is 0 Å². The van der Waals surface area contributed by atoms with Gasteiger partial charge in [0.1, 0.15) is 23.6 Å². The normalized spacial score (nSPS) is 14.3. The number of nitrogens with zero attached hydrogens (tertiary/aromatic N) is 3. The van der Waals surface area contributed by atoms with Crippen LogP contribution in [0, 0.1) is 0 Å². The number of hydrogen-bond donors (Lipinski definition) is 1. The number of hydrogen-bond acceptors (Lipinski definition) is 6. The lowest BCUT2D eigenvalue weighted by molar-refractivity contribution is -0.136. The molecule has 0 radical (unpaired) electrons. The topological polar surface area (TPSA) is 67.4 Å². The third-order valence-electron chi connectivity index (χ3n) is 3.60. The largest absolute Gasteiger partial charge is 0.375 e. The molecule has 1 aliphatic heterocycles. The standard InChI is InChI=1S/C14H18N4O2S/c1-3-15-13-12-9-4-5-18(11(19)7-20-2)6-10(9)21-14(12)17-8-16-13/h8H,3-7H2,1-2H3,(H,15,16,17). The van der Waals surface area contributed by atoms with Crippen LogP contribution in [0.3, 0.4) is 0 Å². The second kappa shape index (κ2) is 5.95. The summed E-state index contributed by atoms with van der Waals surface area (Å²) in [5.74, 6) is 0.940. The van der Waals surface area contributed by atoms with E-state index in [-0.39, 0.29) is 12.5 Å². The van der Waals surface area contributed by atoms with Crippen LogP contribution in [0.2, 0.25) is 0 Å². The Bertz CT molecular complexity index is 670. The van der Waals surface area contributed by atoms with Gasteiger partial charge in [0.2, 0.25) is 5.91 Å². The van der Waals surface area contributed by atoms with Crippen molar-refractivity contribution in [2.24, 2.45) is 0 Å². The summed E-state index contributed by atoms with van der Waals surface area (Å²) in [6.45, 7) is 4.39. The molecule has 7 heteroatoms. The summed E-state index contributed by atoms with van der Waals surface area (Å²) in [7, 11) is 1.55. The van der Waals surface area contributed by atoms with Gasteiger partial charge in [-0.3, -0.25) is 4.79 Å². The number of carbonyl (C=O) groups is 1. The van der Waals surface area contributed by atoms with Crippen molar-refractivity contribution in [2.45, 2.75) is 19.9 Å². The molecule has 1 N–H and O–H groups in total. The van der Waals surface area contributed by atoms with Gasteiger partial charge in [-0.25, -0.2) is 9.97 Å². The van der Waals surface area contributed by atoms with Crippen LogP contribution in [0.1, 0.15) is 17.4 Å². The van der Waals surface area contributed by atoms with Crippen LogP contribution in [-0.4, -0.2) is 47.6 Å². The molecule has 0 bridgehead atoms. The molecule has 0 saturated heterocycles. The van der Waals surface area contributed by atoms with Gasteiger partial charge in [-0.05, 0) is 18.9 Å². The van der Waals surface area contributed by atoms with E-state index < -0.39 is 0 Å². The molecule has 6 nitrogen and oxygen atoms in total. The Morgan fingerprint density at radius 3 is 3.14 bits per heavy atom. The number of thiophene rings is 1. The van der Waals surface area contributed by atoms with E-state index >= 15 is 0 Å². The Morgan fingerprint density at radius 1 is 1.52 bits per heavy atom. The molecule has 0 saturated carbocycles. The zero-order valence-electron chi connectivity index (χ0n) is 12.2. The second-order valence-corrected chi connectivity index (χ2v) is 6.02. The highest BCUT2D eigenvalue weighted by atomic mass is 32.1. The molecule has 1 aliphatic rings. The predicted molar refractivity (Wildman–Crippen MR) is 82.6 cm³/mol. The maximum Gasteiger partial charge on any atom is 0.248 e. The molecule has 0 aliphatic carbocycles. The van der Waals surface area contributed by atoms with Gasteiger partial charge in [-0.2, -0.15) is 0 Å². The highest BCUT2D eigenvalue weighted by molar-refractivity contribution is 7.19. The minimum Gasteiger partial charge on any atom is -0.375 e. The first-order valence-corrected chi connectivity index (χ1v) is 7.82. The Kier molecular flexibility index (Phi) is 4.03. The number of ether oxygens (including phenoxy) is 1. The Balaban J connectivity index is 1.95. The molecule has 0 atom stereocenters. The van der Waals surface area contributed by atoms with Crippen LogP contribution in [0.4, 0.5) is 5.82 Å². The van der Waals surface area contributed by atoms with E-state index in [1.165, 1.54) is 10.4 Å². The first-order valence-electron chi connectivity index (χ1n) is 7.00. The maximum atomic E-state index is 12.0. The van der Waals surface area contributed by atoms with E-state index in [1.807, 2.05) is 4.90 Å². The van der Waals surface area contributed by atoms with Crippen LogP contribution in [0.15, 0.2) is 6.33 Å². The first-order chi connectivity index (χ1) is 10.2. The van der Waals surface area contributed by atoms with Gasteiger partial charge in [0, 0.05) is 25.1 Å². The van der Waals surface area contributed by atoms with Gasteiger partial charge in [-0.1, -0.05) is 0 Å². The van der Waals surface area contributed by atoms with Crippen LogP contribution >= 0.6 is 11.3 Å². The number of aromatic nitrogens is 2. The summed E-state index contributed by atoms with van der Waals surface area (Å²) in [5, 5.41) is 4.42. The lowest BCUT2D eigenvalue weighted by atomic mass is 10.0. The number of amides is 1. The van der Waals surface area contributed by atoms with Crippen molar-refractivity contribution in [3.05, 3.63) is 16.8 Å². The molecule has 3 rings (SSSR count). The van der Waals surface area contributed by atoms with Crippen molar-refractivity contribution < 1.29 is 9.53 Å². The quantitative estimate of drug-likeness (QED) is 0.930. The third kappa shape index (κ3) is 2.58. The Morgan fingerprint density at radius 2 is 2.38 bits per heavy atom. The second-order valence-electron chi connectivity index (χ2n) is 4.93. The smallest absolute Gasteiger partial charge is 0.248 e. The highest BCUT2D eigenvalue weighted by Crippen LogP contribution is 2.37. The summed E-state index contributed by atoms with van der Waals surface area (Å²) < 4.78 is 4.93. The number of carbonyl (C=O) groups excluding carboxylic acids is 1. The van der Waals surface area contributed by atoms with Crippen molar-refractivity contribution in [2.75, 3.05) is 32.1 Å². The minimum atomic E-state index is 0.0404. The Labute approximate surface area is 127 Å². The predicted octanol–water partition coefficient (Wildman–Crippen LogP) is 1.65. The average molecular weight is 306 g/mol. The van der Waals surface area contributed by atoms with Crippen LogP contribution in [0.5, 0.6) is 0 Å². The first kappa shape index (κ1) is 14.2. The fourth-order valence-corrected chi connectivity index (χ4v) is 3.86. The van der Waals surface area contributed by atoms with E-state index in [1.54, 1.807) is 24.8 Å². The maximum absolute atomic E-state index is 12.0. The highest BCUT2D eigenvalue weighted by Gasteiger charge is 2.25. The molecule has 2 aromatic heterocycles. The fraction of sp³-hybridized carbons (Fsp3) is 0.500. The zero-order valence-corrected chi connectivity index (χ0v) is 13.0. The van der Waals surface area contributed by atoms with E-state index in [2.05, 4.69) is 22.2 Å². The Hall–Kier alpha value is -1.73. The third-order valence-corrected chi connectivity index (χ3v) is 4.73. The molecule has 0 unspecified atom stereocenters. The van der Waals surface area contributed by atoms with Gasteiger partial charge in [-0.15, -0.1) is 11.3 Å². The molecule has 2 aromatic rings. The van der Waals surface area contributed by atoms with E-state index in [9.17, 15) is 4.79 Å². The summed E-state index contributed by atoms with van der Waals surface area (Å²) in [5.41, 5.74) is 1.29. The molecular weight excluding hydrogens is 288 g/mol. The molecule has 3 heterocycles. The van der Waals surface area contributed by atoms with E-state index in [4.69, 9.17) is 4.74 Å². The number of methoxy groups -OCH3 is 1. The summed E-state index contributed by atoms with van der Waals surface area (Å²) in [6.07, 6.45) is 2.44. The van der Waals surface area contributed by atoms with E-state index in [0.717, 1.165) is 35.5 Å². The van der Waals surface area contributed by atoms with Crippen molar-refractivity contribution in [1.29, 1.82) is 0 Å². The number of anilines is 1. The number of rotatable bonds is 4. The van der Waals surface area contributed by atoms with Crippen molar-refractivity contribution in [3.8, 4) is 0 Å². The monoisotopic (exact) mass is 306 g/mol. The molecule has 0 spiro atoms. The lowest BCUT2D eigenvalue weighted by Crippen LogP contribution is -2.37. The van der Waals surface area contributed by atoms with Crippen LogP contribution in [-0.2, 0) is 22.5 Å². The van der Waals surface area contributed by atoms with Gasteiger partial charge in [0.15, 0.2) is 0 Å². The number of fused-ring (bicyclic) bond motifs is 3. The fourth-order valence-electron chi connectivity index (χ4n) is 2.66. The minimum absolute atomic E-state index is 0.0404. The van der Waals surface area contributed by atoms with Crippen molar-refractivity contribution in [1.82, 2.24) is 14.9 Å². The molecule has 0 aromatic carbocycles. The summed E-state index contributed by atoms with van der Waals surface area (Å²) >= 11 is 1.65. The van der Waals surface area contributed by atoms with Crippen LogP contribution < -0.4 is 5.32 Å². The average Bonchev–Trinajstić information content (AvgIpc) is 2.86. The molecular formula is C14H18N4O2S. The van der Waals surface area contributed by atoms with Gasteiger partial charge < -0.3 is 15.0 Å². The lowest BCUT2D eigenvalue weighted by Gasteiger charge is -2.26. The SMILES string of the molecule is CCNc1ncnc2sc3c(c12)CCN(C(=O)COC)C3. The van der Waals surface area contributed by atoms with E-state index in [0.29, 0.717) is 6.54 Å². The summed E-state index contributed by atoms with van der Waals surface area (Å²) in [6, 6.07) is 0. The molecule has 21 heavy (non-hydrogen) atoms.